The first-order valence-corrected chi connectivity index (χ1v) is 8.92. The number of carbonyl (C=O) groups is 3. The van der Waals surface area contributed by atoms with Gasteiger partial charge in [0.05, 0.1) is 13.1 Å². The summed E-state index contributed by atoms with van der Waals surface area (Å²) in [6.07, 6.45) is 1.30. The lowest BCUT2D eigenvalue weighted by Crippen LogP contribution is -2.54. The van der Waals surface area contributed by atoms with Crippen LogP contribution in [0, 0.1) is 5.92 Å². The molecule has 2 heterocycles. The predicted octanol–water partition coefficient (Wildman–Crippen LogP) is -0.852. The van der Waals surface area contributed by atoms with Crippen LogP contribution in [0.5, 0.6) is 0 Å². The van der Waals surface area contributed by atoms with Crippen molar-refractivity contribution in [1.29, 1.82) is 0 Å². The Morgan fingerprint density at radius 3 is 2.40 bits per heavy atom. The molecular formula is C16H26FN5O3. The fourth-order valence-corrected chi connectivity index (χ4v) is 3.49. The summed E-state index contributed by atoms with van der Waals surface area (Å²) in [5.41, 5.74) is 5.21. The van der Waals surface area contributed by atoms with Crippen molar-refractivity contribution in [3.63, 3.8) is 0 Å². The molecule has 0 spiro atoms. The number of urea groups is 1. The average molecular weight is 355 g/mol. The fraction of sp³-hybridized carbons (Fsp3) is 0.812. The molecule has 0 bridgehead atoms. The second-order valence-corrected chi connectivity index (χ2v) is 7.19. The van der Waals surface area contributed by atoms with Crippen molar-refractivity contribution in [2.24, 2.45) is 11.7 Å². The third kappa shape index (κ3) is 4.59. The van der Waals surface area contributed by atoms with E-state index in [1.165, 1.54) is 12.8 Å². The van der Waals surface area contributed by atoms with E-state index in [4.69, 9.17) is 5.73 Å². The van der Waals surface area contributed by atoms with Crippen LogP contribution >= 0.6 is 0 Å². The molecule has 1 aliphatic carbocycles. The molecule has 8 nitrogen and oxygen atoms in total. The molecule has 25 heavy (non-hydrogen) atoms. The Morgan fingerprint density at radius 1 is 1.12 bits per heavy atom. The molecule has 9 heteroatoms. The van der Waals surface area contributed by atoms with Crippen LogP contribution in [-0.4, -0.2) is 90.6 Å². The number of nitrogens with two attached hydrogens (primary N) is 1. The number of amides is 4. The summed E-state index contributed by atoms with van der Waals surface area (Å²) >= 11 is 0. The number of alkyl halides is 1. The number of nitrogens with zero attached hydrogens (tertiary/aromatic N) is 3. The molecule has 140 valence electrons. The topological polar surface area (TPSA) is 99.0 Å². The van der Waals surface area contributed by atoms with E-state index in [-0.39, 0.29) is 25.5 Å². The third-order valence-corrected chi connectivity index (χ3v) is 5.16. The molecule has 2 aliphatic heterocycles. The minimum Gasteiger partial charge on any atom is -0.368 e. The zero-order chi connectivity index (χ0) is 18.0. The van der Waals surface area contributed by atoms with Crippen LogP contribution in [0.2, 0.25) is 0 Å². The minimum atomic E-state index is -1.25. The van der Waals surface area contributed by atoms with Crippen molar-refractivity contribution < 1.29 is 18.8 Å². The molecule has 0 aromatic carbocycles. The fourth-order valence-electron chi connectivity index (χ4n) is 3.49. The second kappa shape index (κ2) is 7.55. The van der Waals surface area contributed by atoms with Gasteiger partial charge in [0.25, 0.3) is 0 Å². The minimum absolute atomic E-state index is 0.0715. The third-order valence-electron chi connectivity index (χ3n) is 5.16. The van der Waals surface area contributed by atoms with Gasteiger partial charge in [-0.05, 0) is 18.8 Å². The smallest absolute Gasteiger partial charge is 0.317 e. The Hall–Kier alpha value is -1.90. The van der Waals surface area contributed by atoms with Crippen molar-refractivity contribution in [3.05, 3.63) is 0 Å². The number of hydrogen-bond donors (Lipinski definition) is 2. The molecule has 2 saturated heterocycles. The number of piperazine rings is 1. The van der Waals surface area contributed by atoms with E-state index in [9.17, 15) is 18.8 Å². The first-order valence-electron chi connectivity index (χ1n) is 8.92. The van der Waals surface area contributed by atoms with Gasteiger partial charge in [-0.1, -0.05) is 0 Å². The monoisotopic (exact) mass is 355 g/mol. The summed E-state index contributed by atoms with van der Waals surface area (Å²) in [5.74, 6) is -0.368. The summed E-state index contributed by atoms with van der Waals surface area (Å²) in [7, 11) is 0. The van der Waals surface area contributed by atoms with E-state index in [1.54, 1.807) is 4.90 Å². The number of rotatable bonds is 5. The normalized spacial score (nSPS) is 27.4. The van der Waals surface area contributed by atoms with E-state index in [0.717, 1.165) is 30.5 Å². The molecule has 0 radical (unpaired) electrons. The van der Waals surface area contributed by atoms with E-state index >= 15 is 0 Å². The summed E-state index contributed by atoms with van der Waals surface area (Å²) in [5, 5.41) is 2.57. The molecule has 0 aromatic heterocycles. The number of nitrogens with one attached hydrogen (secondary N) is 1. The summed E-state index contributed by atoms with van der Waals surface area (Å²) in [6.45, 7) is 3.66. The van der Waals surface area contributed by atoms with Crippen LogP contribution in [-0.2, 0) is 9.59 Å². The zero-order valence-corrected chi connectivity index (χ0v) is 14.3. The number of primary amides is 1. The molecular weight excluding hydrogens is 329 g/mol. The van der Waals surface area contributed by atoms with Gasteiger partial charge in [0.1, 0.15) is 12.2 Å². The van der Waals surface area contributed by atoms with Crippen molar-refractivity contribution in [2.75, 3.05) is 45.8 Å². The molecule has 3 rings (SSSR count). The Bertz CT molecular complexity index is 534. The van der Waals surface area contributed by atoms with Crippen molar-refractivity contribution in [2.45, 2.75) is 31.5 Å². The predicted molar refractivity (Wildman–Crippen MR) is 88.3 cm³/mol. The van der Waals surface area contributed by atoms with E-state index < -0.39 is 24.0 Å². The van der Waals surface area contributed by atoms with Gasteiger partial charge in [-0.2, -0.15) is 0 Å². The molecule has 1 saturated carbocycles. The highest BCUT2D eigenvalue weighted by Gasteiger charge is 2.38. The maximum absolute atomic E-state index is 13.5. The van der Waals surface area contributed by atoms with Crippen molar-refractivity contribution in [1.82, 2.24) is 20.0 Å². The number of hydrogen-bond acceptors (Lipinski definition) is 4. The molecule has 3 fully saturated rings. The first-order chi connectivity index (χ1) is 11.9. The Labute approximate surface area is 146 Å². The van der Waals surface area contributed by atoms with Gasteiger partial charge < -0.3 is 20.9 Å². The molecule has 4 amide bonds. The van der Waals surface area contributed by atoms with Crippen molar-refractivity contribution in [3.8, 4) is 0 Å². The Morgan fingerprint density at radius 2 is 1.80 bits per heavy atom. The van der Waals surface area contributed by atoms with Gasteiger partial charge in [0.2, 0.25) is 11.8 Å². The van der Waals surface area contributed by atoms with Gasteiger partial charge in [-0.3, -0.25) is 14.5 Å². The average Bonchev–Trinajstić information content (AvgIpc) is 3.31. The van der Waals surface area contributed by atoms with Crippen LogP contribution in [0.3, 0.4) is 0 Å². The lowest BCUT2D eigenvalue weighted by molar-refractivity contribution is -0.136. The van der Waals surface area contributed by atoms with Crippen LogP contribution in [0.4, 0.5) is 9.18 Å². The van der Waals surface area contributed by atoms with Gasteiger partial charge in [-0.25, -0.2) is 9.18 Å². The number of likely N-dealkylation sites (tertiary alicyclic amines) is 1. The van der Waals surface area contributed by atoms with Crippen LogP contribution in [0.1, 0.15) is 19.3 Å². The molecule has 0 unspecified atom stereocenters. The molecule has 2 atom stereocenters. The SMILES string of the molecule is NC(=O)[C@@H]1C[C@@H](F)CN1C(=O)CNC(=O)N1CCN(CC2CC2)CC1. The van der Waals surface area contributed by atoms with Crippen molar-refractivity contribution >= 4 is 17.8 Å². The second-order valence-electron chi connectivity index (χ2n) is 7.19. The summed E-state index contributed by atoms with van der Waals surface area (Å²) in [6, 6.07) is -1.23. The lowest BCUT2D eigenvalue weighted by atomic mass is 10.2. The first kappa shape index (κ1) is 17.9. The molecule has 3 aliphatic rings. The maximum atomic E-state index is 13.5. The highest BCUT2D eigenvalue weighted by atomic mass is 19.1. The molecule has 0 aromatic rings. The van der Waals surface area contributed by atoms with Gasteiger partial charge >= 0.3 is 6.03 Å². The maximum Gasteiger partial charge on any atom is 0.317 e. The lowest BCUT2D eigenvalue weighted by Gasteiger charge is -2.34. The molecule has 3 N–H and O–H groups in total. The van der Waals surface area contributed by atoms with Crippen LogP contribution in [0.15, 0.2) is 0 Å². The number of halogens is 1. The standard InChI is InChI=1S/C16H26FN5O3/c17-12-7-13(15(18)24)22(10-12)14(23)8-19-16(25)21-5-3-20(4-6-21)9-11-1-2-11/h11-13H,1-10H2,(H2,18,24)(H,19,25)/t12-,13+/m1/s1. The Kier molecular flexibility index (Phi) is 5.41. The van der Waals surface area contributed by atoms with E-state index in [2.05, 4.69) is 10.2 Å². The number of carbonyl (C=O) groups excluding carboxylic acids is 3. The zero-order valence-electron chi connectivity index (χ0n) is 14.3. The highest BCUT2D eigenvalue weighted by Crippen LogP contribution is 2.29. The highest BCUT2D eigenvalue weighted by molar-refractivity contribution is 5.90. The summed E-state index contributed by atoms with van der Waals surface area (Å²) in [4.78, 5) is 40.9. The van der Waals surface area contributed by atoms with Gasteiger partial charge in [0, 0.05) is 39.1 Å². The Balaban J connectivity index is 1.41. The van der Waals surface area contributed by atoms with Crippen LogP contribution in [0.25, 0.3) is 0 Å². The van der Waals surface area contributed by atoms with Gasteiger partial charge in [-0.15, -0.1) is 0 Å². The summed E-state index contributed by atoms with van der Waals surface area (Å²) < 4.78 is 13.5. The largest absolute Gasteiger partial charge is 0.368 e. The van der Waals surface area contributed by atoms with E-state index in [0.29, 0.717) is 13.1 Å². The quantitative estimate of drug-likeness (QED) is 0.671. The van der Waals surface area contributed by atoms with Gasteiger partial charge in [0.15, 0.2) is 0 Å². The van der Waals surface area contributed by atoms with E-state index in [1.807, 2.05) is 0 Å². The van der Waals surface area contributed by atoms with Crippen LogP contribution < -0.4 is 11.1 Å².